The van der Waals surface area contributed by atoms with E-state index in [1.807, 2.05) is 28.7 Å². The van der Waals surface area contributed by atoms with E-state index in [-0.39, 0.29) is 5.25 Å². The predicted molar refractivity (Wildman–Crippen MR) is 132 cm³/mol. The van der Waals surface area contributed by atoms with E-state index < -0.39 is 9.84 Å². The molecule has 35 heavy (non-hydrogen) atoms. The van der Waals surface area contributed by atoms with Gasteiger partial charge in [-0.1, -0.05) is 24.3 Å². The molecular formula is C25H26N6O3S. The average Bonchev–Trinajstić information content (AvgIpc) is 3.58. The number of anilines is 1. The number of hydrogen-bond acceptors (Lipinski definition) is 8. The second kappa shape index (κ2) is 8.94. The van der Waals surface area contributed by atoms with Crippen LogP contribution in [0.1, 0.15) is 24.0 Å². The van der Waals surface area contributed by atoms with Crippen LogP contribution in [-0.2, 0) is 22.8 Å². The molecule has 0 bridgehead atoms. The van der Waals surface area contributed by atoms with Crippen LogP contribution >= 0.6 is 0 Å². The first kappa shape index (κ1) is 22.0. The minimum Gasteiger partial charge on any atom is -0.493 e. The van der Waals surface area contributed by atoms with Crippen LogP contribution in [0.2, 0.25) is 0 Å². The molecule has 2 aliphatic rings. The fourth-order valence-corrected chi connectivity index (χ4v) is 6.67. The lowest BCUT2D eigenvalue weighted by molar-refractivity contribution is 0.357. The van der Waals surface area contributed by atoms with Crippen LogP contribution in [0.25, 0.3) is 16.8 Å². The summed E-state index contributed by atoms with van der Waals surface area (Å²) >= 11 is 0. The SMILES string of the molecule is O=S(=O)(c1ccc(-c2cnc(NCc3cccc4c3CCO4)n3cnnc23)cc1)C1CCNCC1. The molecule has 1 fully saturated rings. The summed E-state index contributed by atoms with van der Waals surface area (Å²) in [6, 6.07) is 13.1. The first-order valence-corrected chi connectivity index (χ1v) is 13.4. The van der Waals surface area contributed by atoms with E-state index in [0.29, 0.717) is 42.5 Å². The maximum Gasteiger partial charge on any atom is 0.210 e. The molecule has 0 saturated carbocycles. The van der Waals surface area contributed by atoms with Crippen LogP contribution in [0.5, 0.6) is 5.75 Å². The van der Waals surface area contributed by atoms with Gasteiger partial charge in [0.1, 0.15) is 12.1 Å². The number of aromatic nitrogens is 4. The van der Waals surface area contributed by atoms with E-state index in [0.717, 1.165) is 36.4 Å². The average molecular weight is 491 g/mol. The van der Waals surface area contributed by atoms with Crippen molar-refractivity contribution in [3.8, 4) is 16.9 Å². The molecule has 0 amide bonds. The van der Waals surface area contributed by atoms with Crippen LogP contribution in [0.4, 0.5) is 5.95 Å². The number of benzene rings is 2. The highest BCUT2D eigenvalue weighted by Crippen LogP contribution is 2.30. The van der Waals surface area contributed by atoms with Crippen molar-refractivity contribution in [1.29, 1.82) is 0 Å². The van der Waals surface area contributed by atoms with Crippen molar-refractivity contribution in [3.05, 3.63) is 66.1 Å². The number of nitrogens with zero attached hydrogens (tertiary/aromatic N) is 4. The topological polar surface area (TPSA) is 111 Å². The zero-order chi connectivity index (χ0) is 23.8. The number of rotatable bonds is 6. The van der Waals surface area contributed by atoms with Crippen LogP contribution < -0.4 is 15.4 Å². The van der Waals surface area contributed by atoms with Crippen molar-refractivity contribution >= 4 is 21.4 Å². The first-order chi connectivity index (χ1) is 17.1. The van der Waals surface area contributed by atoms with E-state index in [4.69, 9.17) is 4.74 Å². The van der Waals surface area contributed by atoms with Crippen molar-refractivity contribution in [2.24, 2.45) is 0 Å². The van der Waals surface area contributed by atoms with Crippen molar-refractivity contribution in [3.63, 3.8) is 0 Å². The molecule has 4 heterocycles. The third-order valence-electron chi connectivity index (χ3n) is 6.83. The van der Waals surface area contributed by atoms with Crippen LogP contribution in [0, 0.1) is 0 Å². The van der Waals surface area contributed by atoms with E-state index in [9.17, 15) is 8.42 Å². The molecule has 0 atom stereocenters. The predicted octanol–water partition coefficient (Wildman–Crippen LogP) is 2.86. The maximum atomic E-state index is 13.0. The summed E-state index contributed by atoms with van der Waals surface area (Å²) in [6.07, 6.45) is 5.57. The summed E-state index contributed by atoms with van der Waals surface area (Å²) in [5, 5.41) is 14.7. The minimum absolute atomic E-state index is 0.331. The number of piperidine rings is 1. The molecule has 2 aromatic carbocycles. The fourth-order valence-electron chi connectivity index (χ4n) is 4.91. The molecule has 2 N–H and O–H groups in total. The summed E-state index contributed by atoms with van der Waals surface area (Å²) in [4.78, 5) is 4.98. The van der Waals surface area contributed by atoms with Gasteiger partial charge < -0.3 is 15.4 Å². The van der Waals surface area contributed by atoms with E-state index in [1.54, 1.807) is 24.7 Å². The van der Waals surface area contributed by atoms with Gasteiger partial charge in [-0.05, 0) is 55.3 Å². The Kier molecular flexibility index (Phi) is 5.62. The van der Waals surface area contributed by atoms with Crippen molar-refractivity contribution in [2.45, 2.75) is 36.0 Å². The smallest absolute Gasteiger partial charge is 0.210 e. The highest BCUT2D eigenvalue weighted by Gasteiger charge is 2.28. The van der Waals surface area contributed by atoms with Gasteiger partial charge in [0, 0.05) is 30.3 Å². The lowest BCUT2D eigenvalue weighted by Gasteiger charge is -2.22. The third-order valence-corrected chi connectivity index (χ3v) is 9.11. The Bertz CT molecular complexity index is 1480. The molecule has 4 aromatic rings. The molecule has 180 valence electrons. The van der Waals surface area contributed by atoms with Gasteiger partial charge in [0.15, 0.2) is 15.5 Å². The number of fused-ring (bicyclic) bond motifs is 2. The Balaban J connectivity index is 1.26. The van der Waals surface area contributed by atoms with Gasteiger partial charge in [0.25, 0.3) is 0 Å². The van der Waals surface area contributed by atoms with Gasteiger partial charge in [0.05, 0.1) is 16.8 Å². The normalized spacial score (nSPS) is 16.2. The highest BCUT2D eigenvalue weighted by molar-refractivity contribution is 7.92. The second-order valence-electron chi connectivity index (χ2n) is 8.88. The number of ether oxygens (including phenoxy) is 1. The highest BCUT2D eigenvalue weighted by atomic mass is 32.2. The lowest BCUT2D eigenvalue weighted by atomic mass is 10.1. The molecule has 0 radical (unpaired) electrons. The molecular weight excluding hydrogens is 464 g/mol. The maximum absolute atomic E-state index is 13.0. The molecule has 6 rings (SSSR count). The van der Waals surface area contributed by atoms with Gasteiger partial charge in [-0.2, -0.15) is 0 Å². The molecule has 2 aromatic heterocycles. The number of hydrogen-bond donors (Lipinski definition) is 2. The quantitative estimate of drug-likeness (QED) is 0.425. The van der Waals surface area contributed by atoms with Crippen LogP contribution in [0.15, 0.2) is 59.9 Å². The fraction of sp³-hybridized carbons (Fsp3) is 0.320. The van der Waals surface area contributed by atoms with Crippen molar-refractivity contribution in [1.82, 2.24) is 24.9 Å². The largest absolute Gasteiger partial charge is 0.493 e. The van der Waals surface area contributed by atoms with Gasteiger partial charge in [-0.25, -0.2) is 13.4 Å². The summed E-state index contributed by atoms with van der Waals surface area (Å²) in [6.45, 7) is 2.79. The molecule has 2 aliphatic heterocycles. The Hall–Kier alpha value is -3.50. The minimum atomic E-state index is -3.35. The Morgan fingerprint density at radius 2 is 1.94 bits per heavy atom. The molecule has 10 heteroatoms. The molecule has 9 nitrogen and oxygen atoms in total. The summed E-state index contributed by atoms with van der Waals surface area (Å²) in [7, 11) is -3.35. The zero-order valence-electron chi connectivity index (χ0n) is 19.1. The molecule has 0 aliphatic carbocycles. The van der Waals surface area contributed by atoms with E-state index in [1.165, 1.54) is 11.1 Å². The Labute approximate surface area is 203 Å². The first-order valence-electron chi connectivity index (χ1n) is 11.8. The Morgan fingerprint density at radius 3 is 2.77 bits per heavy atom. The molecule has 0 unspecified atom stereocenters. The molecule has 1 saturated heterocycles. The lowest BCUT2D eigenvalue weighted by Crippen LogP contribution is -2.35. The van der Waals surface area contributed by atoms with Crippen LogP contribution in [-0.4, -0.2) is 52.9 Å². The second-order valence-corrected chi connectivity index (χ2v) is 11.1. The molecule has 0 spiro atoms. The van der Waals surface area contributed by atoms with Crippen molar-refractivity contribution in [2.75, 3.05) is 25.0 Å². The Morgan fingerprint density at radius 1 is 1.11 bits per heavy atom. The van der Waals surface area contributed by atoms with Gasteiger partial charge in [-0.3, -0.25) is 4.40 Å². The standard InChI is InChI=1S/C25H26N6O3S/c32-35(33,20-8-11-26-12-9-20)19-6-4-17(5-7-19)22-15-28-25(31-16-29-30-24(22)31)27-14-18-2-1-3-23-21(18)10-13-34-23/h1-7,15-16,20,26H,8-14H2,(H,27,28). The van der Waals surface area contributed by atoms with Gasteiger partial charge in [0.2, 0.25) is 5.95 Å². The van der Waals surface area contributed by atoms with E-state index >= 15 is 0 Å². The van der Waals surface area contributed by atoms with Crippen LogP contribution in [0.3, 0.4) is 0 Å². The summed E-state index contributed by atoms with van der Waals surface area (Å²) in [5.41, 5.74) is 4.68. The summed E-state index contributed by atoms with van der Waals surface area (Å²) in [5.74, 6) is 1.59. The third kappa shape index (κ3) is 4.02. The monoisotopic (exact) mass is 490 g/mol. The number of nitrogens with one attached hydrogen (secondary N) is 2. The van der Waals surface area contributed by atoms with Gasteiger partial charge in [-0.15, -0.1) is 10.2 Å². The zero-order valence-corrected chi connectivity index (χ0v) is 20.0. The van der Waals surface area contributed by atoms with E-state index in [2.05, 4.69) is 31.9 Å². The van der Waals surface area contributed by atoms with Gasteiger partial charge >= 0.3 is 0 Å². The summed E-state index contributed by atoms with van der Waals surface area (Å²) < 4.78 is 33.5. The number of sulfone groups is 1. The van der Waals surface area contributed by atoms with Crippen molar-refractivity contribution < 1.29 is 13.2 Å².